The number of carbonyl (C=O) groups excluding carboxylic acids is 1. The lowest BCUT2D eigenvalue weighted by molar-refractivity contribution is -0.152. The van der Waals surface area contributed by atoms with Crippen molar-refractivity contribution >= 4 is 17.6 Å². The second-order valence-corrected chi connectivity index (χ2v) is 6.12. The van der Waals surface area contributed by atoms with Crippen LogP contribution in [0.5, 0.6) is 0 Å². The van der Waals surface area contributed by atoms with Crippen LogP contribution in [0.4, 0.5) is 16.0 Å². The molecule has 0 spiro atoms. The van der Waals surface area contributed by atoms with Gasteiger partial charge in [0.05, 0.1) is 12.1 Å². The third-order valence-electron chi connectivity index (χ3n) is 4.35. The van der Waals surface area contributed by atoms with Crippen LogP contribution in [-0.4, -0.2) is 20.7 Å². The predicted octanol–water partition coefficient (Wildman–Crippen LogP) is 3.51. The van der Waals surface area contributed by atoms with Crippen molar-refractivity contribution in [2.75, 3.05) is 5.32 Å². The van der Waals surface area contributed by atoms with Crippen molar-refractivity contribution in [1.29, 1.82) is 0 Å². The van der Waals surface area contributed by atoms with Crippen molar-refractivity contribution < 1.29 is 13.9 Å². The minimum Gasteiger partial charge on any atom is -0.432 e. The number of aryl methyl sites for hydroxylation is 1. The average molecular weight is 352 g/mol. The molecule has 1 aliphatic heterocycles. The van der Waals surface area contributed by atoms with E-state index >= 15 is 0 Å². The van der Waals surface area contributed by atoms with Crippen molar-refractivity contribution in [1.82, 2.24) is 14.8 Å². The highest BCUT2D eigenvalue weighted by Gasteiger charge is 2.46. The number of anilines is 2. The smallest absolute Gasteiger partial charge is 0.308 e. The van der Waals surface area contributed by atoms with Gasteiger partial charge in [-0.2, -0.15) is 14.8 Å². The van der Waals surface area contributed by atoms with Crippen molar-refractivity contribution in [2.24, 2.45) is 0 Å². The van der Waals surface area contributed by atoms with E-state index in [4.69, 9.17) is 4.74 Å². The molecule has 7 heteroatoms. The fourth-order valence-electron chi connectivity index (χ4n) is 3.17. The Morgan fingerprint density at radius 3 is 2.58 bits per heavy atom. The molecule has 1 unspecified atom stereocenters. The van der Waals surface area contributed by atoms with Crippen LogP contribution in [-0.2, 0) is 15.3 Å². The van der Waals surface area contributed by atoms with Crippen molar-refractivity contribution in [2.45, 2.75) is 25.5 Å². The first-order chi connectivity index (χ1) is 12.6. The van der Waals surface area contributed by atoms with Gasteiger partial charge in [0.25, 0.3) is 0 Å². The van der Waals surface area contributed by atoms with Crippen LogP contribution in [0.3, 0.4) is 0 Å². The van der Waals surface area contributed by atoms with Crippen LogP contribution in [0.2, 0.25) is 0 Å². The summed E-state index contributed by atoms with van der Waals surface area (Å²) in [5.74, 6) is 0.0870. The summed E-state index contributed by atoms with van der Waals surface area (Å²) in [4.78, 5) is 16.3. The number of carbonyl (C=O) groups is 1. The number of hydrogen-bond donors (Lipinski definition) is 1. The number of rotatable bonds is 4. The normalized spacial score (nSPS) is 19.4. The number of hydrogen-bond acceptors (Lipinski definition) is 5. The molecule has 1 N–H and O–H groups in total. The fourth-order valence-corrected chi connectivity index (χ4v) is 3.17. The zero-order valence-electron chi connectivity index (χ0n) is 14.1. The number of benzene rings is 2. The van der Waals surface area contributed by atoms with Crippen LogP contribution in [0.15, 0.2) is 54.6 Å². The zero-order valence-corrected chi connectivity index (χ0v) is 14.1. The van der Waals surface area contributed by atoms with Crippen LogP contribution >= 0.6 is 0 Å². The molecule has 1 fully saturated rings. The Bertz CT molecular complexity index is 957. The maximum Gasteiger partial charge on any atom is 0.308 e. The zero-order chi connectivity index (χ0) is 18.1. The summed E-state index contributed by atoms with van der Waals surface area (Å²) in [6.07, 6.45) is 0.692. The van der Waals surface area contributed by atoms with Gasteiger partial charge < -0.3 is 10.1 Å². The molecule has 2 aromatic carbocycles. The molecule has 1 atom stereocenters. The molecule has 1 aliphatic rings. The number of nitrogens with one attached hydrogen (secondary N) is 1. The van der Waals surface area contributed by atoms with Crippen LogP contribution in [0.1, 0.15) is 24.2 Å². The second kappa shape index (κ2) is 6.25. The molecule has 0 amide bonds. The van der Waals surface area contributed by atoms with E-state index in [1.807, 2.05) is 30.3 Å². The first-order valence-electron chi connectivity index (χ1n) is 8.31. The number of esters is 1. The van der Waals surface area contributed by atoms with Gasteiger partial charge in [0.2, 0.25) is 11.7 Å². The van der Waals surface area contributed by atoms with Gasteiger partial charge in [0.15, 0.2) is 0 Å². The van der Waals surface area contributed by atoms with E-state index in [9.17, 15) is 9.18 Å². The highest BCUT2D eigenvalue weighted by atomic mass is 19.1. The first kappa shape index (κ1) is 16.3. The topological polar surface area (TPSA) is 69.0 Å². The Morgan fingerprint density at radius 2 is 1.88 bits per heavy atom. The van der Waals surface area contributed by atoms with Crippen LogP contribution in [0, 0.1) is 12.7 Å². The number of halogens is 1. The number of para-hydroxylation sites is 1. The highest BCUT2D eigenvalue weighted by molar-refractivity contribution is 5.73. The third-order valence-corrected chi connectivity index (χ3v) is 4.35. The number of aromatic nitrogens is 3. The fraction of sp³-hybridized carbons (Fsp3) is 0.211. The summed E-state index contributed by atoms with van der Waals surface area (Å²) in [5.41, 5.74) is -0.0475. The summed E-state index contributed by atoms with van der Waals surface area (Å²) < 4.78 is 21.3. The van der Waals surface area contributed by atoms with Gasteiger partial charge in [-0.05, 0) is 19.1 Å². The van der Waals surface area contributed by atoms with Crippen LogP contribution in [0.25, 0.3) is 0 Å². The van der Waals surface area contributed by atoms with Gasteiger partial charge >= 0.3 is 5.97 Å². The molecule has 2 heterocycles. The van der Waals surface area contributed by atoms with E-state index in [1.165, 1.54) is 10.7 Å². The standard InChI is InChI=1S/C19H17FN4O2/c1-13-21-18(22-16-10-6-5-9-15(16)20)24(23-13)19(12-11-17(25)26-19)14-7-3-2-4-8-14/h2-10H,11-12H2,1H3,(H,21,22,23). The lowest BCUT2D eigenvalue weighted by atomic mass is 10.00. The van der Waals surface area contributed by atoms with E-state index < -0.39 is 11.5 Å². The molecule has 1 aromatic heterocycles. The van der Waals surface area contributed by atoms with Gasteiger partial charge in [-0.3, -0.25) is 4.79 Å². The summed E-state index contributed by atoms with van der Waals surface area (Å²) in [6.45, 7) is 1.73. The molecule has 0 aliphatic carbocycles. The van der Waals surface area contributed by atoms with E-state index in [0.717, 1.165) is 5.56 Å². The Kier molecular flexibility index (Phi) is 3.91. The Labute approximate surface area is 149 Å². The van der Waals surface area contributed by atoms with E-state index in [0.29, 0.717) is 18.2 Å². The van der Waals surface area contributed by atoms with Crippen molar-refractivity contribution in [3.63, 3.8) is 0 Å². The monoisotopic (exact) mass is 352 g/mol. The maximum absolute atomic E-state index is 14.1. The molecule has 6 nitrogen and oxygen atoms in total. The average Bonchev–Trinajstić information content (AvgIpc) is 3.21. The van der Waals surface area contributed by atoms with Crippen molar-refractivity contribution in [3.8, 4) is 0 Å². The summed E-state index contributed by atoms with van der Waals surface area (Å²) in [6, 6.07) is 15.7. The van der Waals surface area contributed by atoms with Gasteiger partial charge in [-0.25, -0.2) is 4.39 Å². The Morgan fingerprint density at radius 1 is 1.15 bits per heavy atom. The minimum absolute atomic E-state index is 0.271. The molecule has 0 bridgehead atoms. The first-order valence-corrected chi connectivity index (χ1v) is 8.31. The van der Waals surface area contributed by atoms with E-state index in [1.54, 1.807) is 25.1 Å². The molecule has 132 valence electrons. The van der Waals surface area contributed by atoms with E-state index in [2.05, 4.69) is 15.4 Å². The van der Waals surface area contributed by atoms with E-state index in [-0.39, 0.29) is 18.1 Å². The second-order valence-electron chi connectivity index (χ2n) is 6.12. The predicted molar refractivity (Wildman–Crippen MR) is 93.3 cm³/mol. The SMILES string of the molecule is Cc1nc(Nc2ccccc2F)n(C2(c3ccccc3)CCC(=O)O2)n1. The maximum atomic E-state index is 14.1. The van der Waals surface area contributed by atoms with Gasteiger partial charge in [0, 0.05) is 12.0 Å². The molecule has 0 radical (unpaired) electrons. The third kappa shape index (κ3) is 2.71. The molecule has 4 rings (SSSR count). The largest absolute Gasteiger partial charge is 0.432 e. The molecular weight excluding hydrogens is 335 g/mol. The van der Waals surface area contributed by atoms with Gasteiger partial charge in [-0.1, -0.05) is 42.5 Å². The van der Waals surface area contributed by atoms with Gasteiger partial charge in [-0.15, -0.1) is 0 Å². The number of nitrogens with zero attached hydrogens (tertiary/aromatic N) is 3. The molecule has 26 heavy (non-hydrogen) atoms. The van der Waals surface area contributed by atoms with Crippen molar-refractivity contribution in [3.05, 3.63) is 71.8 Å². The summed E-state index contributed by atoms with van der Waals surface area (Å²) in [5, 5.41) is 7.42. The minimum atomic E-state index is -1.10. The molecule has 3 aromatic rings. The summed E-state index contributed by atoms with van der Waals surface area (Å²) in [7, 11) is 0. The Hall–Kier alpha value is -3.22. The Balaban J connectivity index is 1.83. The van der Waals surface area contributed by atoms with Crippen LogP contribution < -0.4 is 5.32 Å². The summed E-state index contributed by atoms with van der Waals surface area (Å²) >= 11 is 0. The number of cyclic esters (lactones) is 1. The lowest BCUT2D eigenvalue weighted by Gasteiger charge is -2.29. The highest BCUT2D eigenvalue weighted by Crippen LogP contribution is 2.40. The van der Waals surface area contributed by atoms with Gasteiger partial charge in [0.1, 0.15) is 11.6 Å². The number of ether oxygens (including phenoxy) is 1. The lowest BCUT2D eigenvalue weighted by Crippen LogP contribution is -2.36. The molecule has 1 saturated heterocycles. The quantitative estimate of drug-likeness (QED) is 0.728. The molecular formula is C19H17FN4O2. The molecule has 0 saturated carbocycles.